The predicted molar refractivity (Wildman–Crippen MR) is 142 cm³/mol. The Bertz CT molecular complexity index is 725. The second-order valence-corrected chi connectivity index (χ2v) is 11.8. The average Bonchev–Trinajstić information content (AvgIpc) is 3.16. The molecule has 0 saturated heterocycles. The zero-order valence-corrected chi connectivity index (χ0v) is 25.2. The molecule has 0 unspecified atom stereocenters. The van der Waals surface area contributed by atoms with Crippen LogP contribution in [0.25, 0.3) is 0 Å². The van der Waals surface area contributed by atoms with Crippen LogP contribution >= 0.6 is 0 Å². The first-order chi connectivity index (χ1) is 16.1. The van der Waals surface area contributed by atoms with Gasteiger partial charge in [-0.25, -0.2) is 26.0 Å². The van der Waals surface area contributed by atoms with E-state index in [2.05, 4.69) is 51.7 Å². The lowest BCUT2D eigenvalue weighted by Gasteiger charge is -2.39. The summed E-state index contributed by atoms with van der Waals surface area (Å²) in [6, 6.07) is 0. The molecule has 0 saturated carbocycles. The molecule has 1 aromatic rings. The molecule has 0 radical (unpaired) electrons. The maximum atomic E-state index is 9.08. The van der Waals surface area contributed by atoms with Gasteiger partial charge >= 0.3 is 0 Å². The number of imidazole rings is 1. The van der Waals surface area contributed by atoms with Crippen molar-refractivity contribution in [1.82, 2.24) is 4.57 Å². The summed E-state index contributed by atoms with van der Waals surface area (Å²) >= 11 is 0. The molecule has 0 N–H and O–H groups in total. The minimum atomic E-state index is -3.92. The molecule has 1 heterocycles. The van der Waals surface area contributed by atoms with Gasteiger partial charge in [0.1, 0.15) is 12.4 Å². The summed E-state index contributed by atoms with van der Waals surface area (Å²) in [5, 5.41) is 0. The van der Waals surface area contributed by atoms with Crippen LogP contribution in [0.1, 0.15) is 86.0 Å². The Morgan fingerprint density at radius 2 is 1.00 bits per heavy atom. The molecule has 0 amide bonds. The number of quaternary nitrogens is 1. The summed E-state index contributed by atoms with van der Waals surface area (Å²) in [6.07, 6.45) is 18.4. The lowest BCUT2D eigenvalue weighted by Crippen LogP contribution is -2.50. The molecule has 0 aromatic carbocycles. The highest BCUT2D eigenvalue weighted by atomic mass is 32.2. The molecule has 1 rings (SSSR count). The Balaban J connectivity index is -0.000000465. The topological polar surface area (TPSA) is 123 Å². The van der Waals surface area contributed by atoms with E-state index in [1.807, 2.05) is 17.8 Å². The van der Waals surface area contributed by atoms with E-state index in [1.54, 1.807) is 0 Å². The summed E-state index contributed by atoms with van der Waals surface area (Å²) in [5.74, 6) is 0. The molecule has 212 valence electrons. The van der Waals surface area contributed by atoms with Gasteiger partial charge in [0.25, 0.3) is 0 Å². The van der Waals surface area contributed by atoms with Gasteiger partial charge in [0, 0.05) is 12.5 Å². The molecule has 0 spiro atoms. The third kappa shape index (κ3) is 35.2. The Morgan fingerprint density at radius 3 is 1.14 bits per heavy atom. The van der Waals surface area contributed by atoms with Crippen LogP contribution < -0.4 is 4.57 Å². The first kappa shape index (κ1) is 38.5. The monoisotopic (exact) mass is 543 g/mol. The lowest BCUT2D eigenvalue weighted by atomic mass is 10.1. The second-order valence-electron chi connectivity index (χ2n) is 8.97. The second kappa shape index (κ2) is 22.2. The van der Waals surface area contributed by atoms with Gasteiger partial charge in [0.15, 0.2) is 0 Å². The van der Waals surface area contributed by atoms with Crippen LogP contribution in [0.3, 0.4) is 0 Å². The van der Waals surface area contributed by atoms with E-state index >= 15 is 0 Å². The van der Waals surface area contributed by atoms with Crippen molar-refractivity contribution in [1.29, 1.82) is 0 Å². The van der Waals surface area contributed by atoms with E-state index in [0.29, 0.717) is 12.5 Å². The normalized spacial score (nSPS) is 11.4. The summed E-state index contributed by atoms with van der Waals surface area (Å²) in [4.78, 5) is 0. The molecular weight excluding hydrogens is 490 g/mol. The SMILES string of the molecule is CCCC[N+](CCCC)(CCCC)CCCC.CCn1cc[n+](C)c1.CS(=O)(=O)[O-].CS(=O)(=O)[O-]. The minimum absolute atomic E-state index is 0.604. The van der Waals surface area contributed by atoms with Gasteiger partial charge in [-0.2, -0.15) is 0 Å². The van der Waals surface area contributed by atoms with Gasteiger partial charge < -0.3 is 13.6 Å². The van der Waals surface area contributed by atoms with Crippen LogP contribution in [0.15, 0.2) is 18.7 Å². The number of unbranched alkanes of at least 4 members (excludes halogenated alkanes) is 4. The van der Waals surface area contributed by atoms with Crippen molar-refractivity contribution in [2.24, 2.45) is 7.05 Å². The third-order valence-corrected chi connectivity index (χ3v) is 5.13. The van der Waals surface area contributed by atoms with Crippen LogP contribution in [0.5, 0.6) is 0 Å². The molecular formula is C24H53N3O6S2. The van der Waals surface area contributed by atoms with E-state index in [-0.39, 0.29) is 0 Å². The number of aryl methyl sites for hydroxylation is 2. The van der Waals surface area contributed by atoms with Crippen LogP contribution in [-0.2, 0) is 33.8 Å². The first-order valence-corrected chi connectivity index (χ1v) is 16.4. The van der Waals surface area contributed by atoms with E-state index < -0.39 is 20.2 Å². The third-order valence-electron chi connectivity index (χ3n) is 5.13. The molecule has 1 aromatic heterocycles. The van der Waals surface area contributed by atoms with Crippen molar-refractivity contribution < 1.29 is 35.0 Å². The van der Waals surface area contributed by atoms with Crippen LogP contribution in [0.2, 0.25) is 0 Å². The Labute approximate surface area is 216 Å². The molecule has 35 heavy (non-hydrogen) atoms. The number of hydrogen-bond acceptors (Lipinski definition) is 6. The number of rotatable bonds is 13. The lowest BCUT2D eigenvalue weighted by molar-refractivity contribution is -0.929. The van der Waals surface area contributed by atoms with Gasteiger partial charge in [-0.3, -0.25) is 0 Å². The highest BCUT2D eigenvalue weighted by molar-refractivity contribution is 7.85. The predicted octanol–water partition coefficient (Wildman–Crippen LogP) is 3.66. The van der Waals surface area contributed by atoms with E-state index in [9.17, 15) is 0 Å². The summed E-state index contributed by atoms with van der Waals surface area (Å²) in [7, 11) is -5.81. The van der Waals surface area contributed by atoms with Crippen molar-refractivity contribution in [2.75, 3.05) is 38.7 Å². The largest absolute Gasteiger partial charge is 0.748 e. The fourth-order valence-electron chi connectivity index (χ4n) is 3.33. The van der Waals surface area contributed by atoms with Crippen LogP contribution in [-0.4, -0.2) is 73.7 Å². The standard InChI is InChI=1S/C16H36N.C6H11N2.2CH4O3S/c1-5-9-13-17(14-10-6-2,15-11-7-3)16-12-8-4;1-3-8-5-4-7(2)6-8;2*1-5(2,3)4/h5-16H2,1-4H3;4-6H,3H2,1-2H3;2*1H3,(H,2,3,4)/q2*+1;;/p-2. The smallest absolute Gasteiger partial charge is 0.243 e. The first-order valence-electron chi connectivity index (χ1n) is 12.7. The van der Waals surface area contributed by atoms with Crippen molar-refractivity contribution in [3.63, 3.8) is 0 Å². The number of aromatic nitrogens is 2. The van der Waals surface area contributed by atoms with E-state index in [1.165, 1.54) is 82.0 Å². The van der Waals surface area contributed by atoms with Crippen molar-refractivity contribution in [3.8, 4) is 0 Å². The van der Waals surface area contributed by atoms with Crippen LogP contribution in [0.4, 0.5) is 0 Å². The quantitative estimate of drug-likeness (QED) is 0.212. The molecule has 0 aliphatic carbocycles. The Morgan fingerprint density at radius 1 is 0.714 bits per heavy atom. The van der Waals surface area contributed by atoms with Crippen LogP contribution in [0, 0.1) is 0 Å². The molecule has 0 aliphatic rings. The van der Waals surface area contributed by atoms with Gasteiger partial charge in [-0.05, 0) is 32.6 Å². The fraction of sp³-hybridized carbons (Fsp3) is 0.875. The van der Waals surface area contributed by atoms with Gasteiger partial charge in [0.05, 0.1) is 60.0 Å². The minimum Gasteiger partial charge on any atom is -0.748 e. The average molecular weight is 544 g/mol. The fourth-order valence-corrected chi connectivity index (χ4v) is 3.33. The Kier molecular flexibility index (Phi) is 24.4. The molecule has 9 nitrogen and oxygen atoms in total. The maximum Gasteiger partial charge on any atom is 0.243 e. The molecule has 0 fully saturated rings. The summed E-state index contributed by atoms with van der Waals surface area (Å²) in [6.45, 7) is 18.2. The number of hydrogen-bond donors (Lipinski definition) is 0. The molecule has 0 bridgehead atoms. The molecule has 11 heteroatoms. The van der Waals surface area contributed by atoms with Crippen molar-refractivity contribution in [2.45, 2.75) is 92.5 Å². The number of nitrogens with zero attached hydrogens (tertiary/aromatic N) is 3. The maximum absolute atomic E-state index is 9.08. The molecule has 0 atom stereocenters. The highest BCUT2D eigenvalue weighted by Gasteiger charge is 2.24. The van der Waals surface area contributed by atoms with Gasteiger partial charge in [-0.1, -0.05) is 53.4 Å². The van der Waals surface area contributed by atoms with Gasteiger partial charge in [0.2, 0.25) is 6.33 Å². The van der Waals surface area contributed by atoms with Gasteiger partial charge in [-0.15, -0.1) is 0 Å². The van der Waals surface area contributed by atoms with Crippen molar-refractivity contribution >= 4 is 20.2 Å². The van der Waals surface area contributed by atoms with E-state index in [4.69, 9.17) is 25.9 Å². The zero-order valence-electron chi connectivity index (χ0n) is 23.5. The summed E-state index contributed by atoms with van der Waals surface area (Å²) in [5.41, 5.74) is 0. The highest BCUT2D eigenvalue weighted by Crippen LogP contribution is 2.16. The van der Waals surface area contributed by atoms with E-state index in [0.717, 1.165) is 6.54 Å². The van der Waals surface area contributed by atoms with Crippen molar-refractivity contribution in [3.05, 3.63) is 18.7 Å². The molecule has 0 aliphatic heterocycles. The Hall–Kier alpha value is -1.01. The summed E-state index contributed by atoms with van der Waals surface area (Å²) < 4.78 is 60.0. The zero-order chi connectivity index (χ0) is 28.0.